The van der Waals surface area contributed by atoms with Crippen molar-refractivity contribution in [3.05, 3.63) is 33.3 Å². The number of nitrogens with zero attached hydrogens (tertiary/aromatic N) is 1. The van der Waals surface area contributed by atoms with Crippen molar-refractivity contribution in [2.24, 2.45) is 0 Å². The topological polar surface area (TPSA) is 20.3 Å². The van der Waals surface area contributed by atoms with Crippen molar-refractivity contribution in [3.8, 4) is 0 Å². The van der Waals surface area contributed by atoms with Crippen molar-refractivity contribution in [2.45, 2.75) is 31.7 Å². The summed E-state index contributed by atoms with van der Waals surface area (Å²) in [4.78, 5) is 14.5. The van der Waals surface area contributed by atoms with Gasteiger partial charge in [0.1, 0.15) is 0 Å². The molecule has 1 aliphatic rings. The summed E-state index contributed by atoms with van der Waals surface area (Å²) in [6.07, 6.45) is 4.49. The van der Waals surface area contributed by atoms with Gasteiger partial charge in [0.25, 0.3) is 5.91 Å². The lowest BCUT2D eigenvalue weighted by molar-refractivity contribution is 0.0695. The van der Waals surface area contributed by atoms with Crippen LogP contribution in [0.15, 0.2) is 22.7 Å². The van der Waals surface area contributed by atoms with Crippen molar-refractivity contribution in [1.29, 1.82) is 0 Å². The van der Waals surface area contributed by atoms with Crippen LogP contribution in [0.2, 0.25) is 5.02 Å². The summed E-state index contributed by atoms with van der Waals surface area (Å²) < 4.78 is 0.859. The summed E-state index contributed by atoms with van der Waals surface area (Å²) in [6, 6.07) is 5.66. The van der Waals surface area contributed by atoms with E-state index in [1.807, 2.05) is 11.0 Å². The van der Waals surface area contributed by atoms with Crippen molar-refractivity contribution in [2.75, 3.05) is 12.4 Å². The van der Waals surface area contributed by atoms with Gasteiger partial charge in [-0.15, -0.1) is 11.6 Å². The summed E-state index contributed by atoms with van der Waals surface area (Å²) in [5.41, 5.74) is 0.549. The first-order chi connectivity index (χ1) is 9.13. The molecule has 0 aliphatic heterocycles. The second kappa shape index (κ2) is 6.96. The highest BCUT2D eigenvalue weighted by Crippen LogP contribution is 2.28. The van der Waals surface area contributed by atoms with Crippen LogP contribution in [0.25, 0.3) is 0 Å². The van der Waals surface area contributed by atoms with E-state index < -0.39 is 0 Å². The van der Waals surface area contributed by atoms with E-state index in [1.165, 1.54) is 12.8 Å². The van der Waals surface area contributed by atoms with E-state index in [-0.39, 0.29) is 5.91 Å². The lowest BCUT2D eigenvalue weighted by Crippen LogP contribution is -2.40. The van der Waals surface area contributed by atoms with Gasteiger partial charge < -0.3 is 4.90 Å². The quantitative estimate of drug-likeness (QED) is 0.707. The molecule has 0 spiro atoms. The second-order valence-electron chi connectivity index (χ2n) is 4.75. The molecule has 1 saturated carbocycles. The van der Waals surface area contributed by atoms with Gasteiger partial charge in [0.05, 0.1) is 10.6 Å². The van der Waals surface area contributed by atoms with Crippen LogP contribution in [0.4, 0.5) is 0 Å². The third kappa shape index (κ3) is 3.65. The number of rotatable bonds is 4. The third-order valence-corrected chi connectivity index (χ3v) is 4.50. The summed E-state index contributed by atoms with van der Waals surface area (Å²) in [6.45, 7) is 0.577. The molecular weight excluding hydrogens is 349 g/mol. The number of hydrogen-bond acceptors (Lipinski definition) is 1. The molecule has 2 nitrogen and oxygen atoms in total. The number of hydrogen-bond donors (Lipinski definition) is 0. The fourth-order valence-corrected chi connectivity index (χ4v) is 3.31. The average molecular weight is 365 g/mol. The first-order valence-electron chi connectivity index (χ1n) is 6.45. The highest BCUT2D eigenvalue weighted by Gasteiger charge is 2.28. The Balaban J connectivity index is 2.25. The number of alkyl halides is 1. The van der Waals surface area contributed by atoms with Crippen molar-refractivity contribution in [1.82, 2.24) is 4.90 Å². The number of carbonyl (C=O) groups is 1. The van der Waals surface area contributed by atoms with E-state index in [2.05, 4.69) is 15.9 Å². The molecule has 0 unspecified atom stereocenters. The molecule has 0 atom stereocenters. The molecule has 1 fully saturated rings. The van der Waals surface area contributed by atoms with Gasteiger partial charge in [-0.2, -0.15) is 0 Å². The zero-order chi connectivity index (χ0) is 13.8. The van der Waals surface area contributed by atoms with Gasteiger partial charge in [-0.3, -0.25) is 4.79 Å². The van der Waals surface area contributed by atoms with Gasteiger partial charge in [0, 0.05) is 22.9 Å². The molecule has 2 rings (SSSR count). The Hall–Kier alpha value is -0.250. The Bertz CT molecular complexity index is 461. The minimum absolute atomic E-state index is 0.0150. The fraction of sp³-hybridized carbons (Fsp3) is 0.500. The Kier molecular flexibility index (Phi) is 5.55. The first-order valence-corrected chi connectivity index (χ1v) is 8.16. The predicted octanol–water partition coefficient (Wildman–Crippen LogP) is 4.73. The summed E-state index contributed by atoms with van der Waals surface area (Å²) in [5, 5.41) is 0.491. The van der Waals surface area contributed by atoms with Crippen LogP contribution in [-0.2, 0) is 0 Å². The maximum atomic E-state index is 12.7. The maximum absolute atomic E-state index is 12.7. The van der Waals surface area contributed by atoms with Gasteiger partial charge in [-0.05, 0) is 31.0 Å². The van der Waals surface area contributed by atoms with Gasteiger partial charge in [-0.1, -0.05) is 40.4 Å². The van der Waals surface area contributed by atoms with Crippen molar-refractivity contribution >= 4 is 45.0 Å². The molecule has 0 aromatic heterocycles. The molecule has 0 N–H and O–H groups in total. The largest absolute Gasteiger partial charge is 0.334 e. The second-order valence-corrected chi connectivity index (χ2v) is 6.45. The van der Waals surface area contributed by atoms with E-state index in [0.29, 0.717) is 29.1 Å². The lowest BCUT2D eigenvalue weighted by Gasteiger charge is -2.28. The number of benzene rings is 1. The highest BCUT2D eigenvalue weighted by atomic mass is 79.9. The molecule has 19 heavy (non-hydrogen) atoms. The number of amides is 1. The molecule has 0 radical (unpaired) electrons. The van der Waals surface area contributed by atoms with Crippen molar-refractivity contribution < 1.29 is 4.79 Å². The van der Waals surface area contributed by atoms with Gasteiger partial charge in [0.2, 0.25) is 0 Å². The van der Waals surface area contributed by atoms with Crippen LogP contribution < -0.4 is 0 Å². The molecule has 5 heteroatoms. The van der Waals surface area contributed by atoms with Crippen LogP contribution in [0.1, 0.15) is 36.0 Å². The van der Waals surface area contributed by atoms with Crippen LogP contribution in [0.5, 0.6) is 0 Å². The number of carbonyl (C=O) groups excluding carboxylic acids is 1. The Labute approximate surface area is 132 Å². The monoisotopic (exact) mass is 363 g/mol. The van der Waals surface area contributed by atoms with Crippen LogP contribution in [0.3, 0.4) is 0 Å². The Morgan fingerprint density at radius 3 is 2.68 bits per heavy atom. The molecule has 0 bridgehead atoms. The summed E-state index contributed by atoms with van der Waals surface area (Å²) in [5.74, 6) is 0.437. The molecule has 1 aromatic carbocycles. The third-order valence-electron chi connectivity index (χ3n) is 3.51. The molecule has 1 aromatic rings. The minimum atomic E-state index is -0.0150. The average Bonchev–Trinajstić information content (AvgIpc) is 2.92. The van der Waals surface area contributed by atoms with Gasteiger partial charge in [-0.25, -0.2) is 0 Å². The normalized spacial score (nSPS) is 15.7. The van der Waals surface area contributed by atoms with Crippen LogP contribution >= 0.6 is 39.1 Å². The van der Waals surface area contributed by atoms with E-state index in [4.69, 9.17) is 23.2 Å². The van der Waals surface area contributed by atoms with Gasteiger partial charge in [0.15, 0.2) is 0 Å². The molecule has 104 valence electrons. The zero-order valence-corrected chi connectivity index (χ0v) is 13.6. The lowest BCUT2D eigenvalue weighted by atomic mass is 10.1. The smallest absolute Gasteiger partial charge is 0.255 e. The van der Waals surface area contributed by atoms with Crippen molar-refractivity contribution in [3.63, 3.8) is 0 Å². The van der Waals surface area contributed by atoms with E-state index in [0.717, 1.165) is 17.3 Å². The van der Waals surface area contributed by atoms with E-state index in [1.54, 1.807) is 12.1 Å². The first kappa shape index (κ1) is 15.1. The fourth-order valence-electron chi connectivity index (χ4n) is 2.57. The molecular formula is C14H16BrCl2NO. The minimum Gasteiger partial charge on any atom is -0.334 e. The highest BCUT2D eigenvalue weighted by molar-refractivity contribution is 9.10. The Morgan fingerprint density at radius 2 is 2.05 bits per heavy atom. The molecule has 0 heterocycles. The molecule has 1 aliphatic carbocycles. The number of halogens is 3. The summed E-state index contributed by atoms with van der Waals surface area (Å²) in [7, 11) is 0. The molecule has 0 saturated heterocycles. The zero-order valence-electron chi connectivity index (χ0n) is 10.5. The van der Waals surface area contributed by atoms with Crippen LogP contribution in [0, 0.1) is 0 Å². The Morgan fingerprint density at radius 1 is 1.37 bits per heavy atom. The van der Waals surface area contributed by atoms with E-state index >= 15 is 0 Å². The van der Waals surface area contributed by atoms with E-state index in [9.17, 15) is 4.79 Å². The summed E-state index contributed by atoms with van der Waals surface area (Å²) >= 11 is 15.4. The van der Waals surface area contributed by atoms with Gasteiger partial charge >= 0.3 is 0 Å². The predicted molar refractivity (Wildman–Crippen MR) is 83.2 cm³/mol. The van der Waals surface area contributed by atoms with Crippen LogP contribution in [-0.4, -0.2) is 29.3 Å². The molecule has 1 amide bonds. The maximum Gasteiger partial charge on any atom is 0.255 e. The standard InChI is InChI=1S/C14H16BrCl2NO/c15-10-5-6-13(17)12(9-10)14(19)18(8-7-16)11-3-1-2-4-11/h5-6,9,11H,1-4,7-8H2. The SMILES string of the molecule is O=C(c1cc(Br)ccc1Cl)N(CCCl)C1CCCC1.